The first-order valence-electron chi connectivity index (χ1n) is 7.48. The molecule has 0 aliphatic rings. The summed E-state index contributed by atoms with van der Waals surface area (Å²) in [5, 5.41) is 8.56. The van der Waals surface area contributed by atoms with Gasteiger partial charge in [-0.3, -0.25) is 9.78 Å². The van der Waals surface area contributed by atoms with Gasteiger partial charge in [0, 0.05) is 28.4 Å². The monoisotopic (exact) mass is 318 g/mol. The summed E-state index contributed by atoms with van der Waals surface area (Å²) in [7, 11) is 0. The molecule has 6 heteroatoms. The molecule has 0 atom stereocenters. The number of pyridine rings is 1. The fourth-order valence-electron chi connectivity index (χ4n) is 2.61. The van der Waals surface area contributed by atoms with E-state index in [1.807, 2.05) is 24.3 Å². The summed E-state index contributed by atoms with van der Waals surface area (Å²) < 4.78 is 4.90. The third-order valence-corrected chi connectivity index (χ3v) is 3.70. The minimum absolute atomic E-state index is 0.288. The van der Waals surface area contributed by atoms with Crippen molar-refractivity contribution in [3.8, 4) is 0 Å². The SMILES string of the molecule is Cc1cc(NC(=O)/C=C/c2cc3c(cn2)[nH]c2ccccc23)no1. The second-order valence-corrected chi connectivity index (χ2v) is 5.47. The maximum Gasteiger partial charge on any atom is 0.249 e. The van der Waals surface area contributed by atoms with Crippen molar-refractivity contribution in [2.75, 3.05) is 5.32 Å². The van der Waals surface area contributed by atoms with E-state index in [4.69, 9.17) is 4.52 Å². The standard InChI is InChI=1S/C18H14N4O2/c1-11-8-17(22-24-11)21-18(23)7-6-12-9-14-13-4-2-3-5-15(13)20-16(14)10-19-12/h2-10,20H,1H3,(H,21,22,23)/b7-6+. The Balaban J connectivity index is 1.59. The molecule has 0 saturated carbocycles. The van der Waals surface area contributed by atoms with Crippen LogP contribution in [0.2, 0.25) is 0 Å². The van der Waals surface area contributed by atoms with E-state index in [2.05, 4.69) is 26.5 Å². The van der Waals surface area contributed by atoms with Gasteiger partial charge in [-0.2, -0.15) is 0 Å². The van der Waals surface area contributed by atoms with Crippen LogP contribution in [0.25, 0.3) is 27.9 Å². The average molecular weight is 318 g/mol. The Morgan fingerprint density at radius 3 is 2.92 bits per heavy atom. The van der Waals surface area contributed by atoms with Gasteiger partial charge in [-0.1, -0.05) is 23.4 Å². The average Bonchev–Trinajstić information content (AvgIpc) is 3.16. The van der Waals surface area contributed by atoms with Crippen molar-refractivity contribution in [1.82, 2.24) is 15.1 Å². The molecule has 0 bridgehead atoms. The minimum Gasteiger partial charge on any atom is -0.360 e. The zero-order valence-electron chi connectivity index (χ0n) is 12.9. The number of para-hydroxylation sites is 1. The Morgan fingerprint density at radius 1 is 1.21 bits per heavy atom. The number of rotatable bonds is 3. The van der Waals surface area contributed by atoms with Crippen molar-refractivity contribution < 1.29 is 9.32 Å². The topological polar surface area (TPSA) is 83.8 Å². The normalized spacial score (nSPS) is 11.5. The highest BCUT2D eigenvalue weighted by Gasteiger charge is 2.05. The maximum atomic E-state index is 11.9. The summed E-state index contributed by atoms with van der Waals surface area (Å²) in [6, 6.07) is 11.7. The Morgan fingerprint density at radius 2 is 2.08 bits per heavy atom. The first-order chi connectivity index (χ1) is 11.7. The largest absolute Gasteiger partial charge is 0.360 e. The molecule has 0 saturated heterocycles. The van der Waals surface area contributed by atoms with Crippen molar-refractivity contribution in [3.05, 3.63) is 60.1 Å². The van der Waals surface area contributed by atoms with Crippen LogP contribution in [0.4, 0.5) is 5.82 Å². The number of aromatic amines is 1. The molecule has 0 aliphatic carbocycles. The number of carbonyl (C=O) groups is 1. The van der Waals surface area contributed by atoms with E-state index in [0.717, 1.165) is 21.8 Å². The molecular weight excluding hydrogens is 304 g/mol. The third-order valence-electron chi connectivity index (χ3n) is 3.70. The predicted octanol–water partition coefficient (Wildman–Crippen LogP) is 3.66. The Hall–Kier alpha value is -3.41. The second-order valence-electron chi connectivity index (χ2n) is 5.47. The molecule has 4 rings (SSSR count). The molecule has 0 aliphatic heterocycles. The summed E-state index contributed by atoms with van der Waals surface area (Å²) in [6.45, 7) is 1.76. The van der Waals surface area contributed by atoms with Gasteiger partial charge in [-0.15, -0.1) is 0 Å². The van der Waals surface area contributed by atoms with Crippen LogP contribution in [0, 0.1) is 6.92 Å². The molecule has 0 spiro atoms. The van der Waals surface area contributed by atoms with Gasteiger partial charge in [0.25, 0.3) is 0 Å². The maximum absolute atomic E-state index is 11.9. The van der Waals surface area contributed by atoms with Gasteiger partial charge in [-0.05, 0) is 25.1 Å². The molecule has 24 heavy (non-hydrogen) atoms. The quantitative estimate of drug-likeness (QED) is 0.565. The Labute approximate surface area is 137 Å². The van der Waals surface area contributed by atoms with Crippen LogP contribution >= 0.6 is 0 Å². The Kier molecular flexibility index (Phi) is 3.35. The molecule has 118 valence electrons. The van der Waals surface area contributed by atoms with Gasteiger partial charge in [0.1, 0.15) is 5.76 Å². The summed E-state index contributed by atoms with van der Waals surface area (Å²) in [5.74, 6) is 0.743. The van der Waals surface area contributed by atoms with Crippen LogP contribution in [0.5, 0.6) is 0 Å². The van der Waals surface area contributed by atoms with Gasteiger partial charge in [0.2, 0.25) is 5.91 Å². The number of nitrogens with one attached hydrogen (secondary N) is 2. The number of nitrogens with zero attached hydrogens (tertiary/aromatic N) is 2. The molecule has 3 aromatic heterocycles. The molecular formula is C18H14N4O2. The van der Waals surface area contributed by atoms with Crippen LogP contribution in [-0.4, -0.2) is 21.0 Å². The van der Waals surface area contributed by atoms with Crippen LogP contribution in [0.3, 0.4) is 0 Å². The zero-order chi connectivity index (χ0) is 16.5. The summed E-state index contributed by atoms with van der Waals surface area (Å²) in [4.78, 5) is 19.6. The van der Waals surface area contributed by atoms with Gasteiger partial charge >= 0.3 is 0 Å². The van der Waals surface area contributed by atoms with Crippen molar-refractivity contribution >= 4 is 39.6 Å². The highest BCUT2D eigenvalue weighted by molar-refractivity contribution is 6.07. The molecule has 1 amide bonds. The number of carbonyl (C=O) groups excluding carboxylic acids is 1. The van der Waals surface area contributed by atoms with Gasteiger partial charge in [0.05, 0.1) is 17.4 Å². The number of benzene rings is 1. The first kappa shape index (κ1) is 14.2. The molecule has 3 heterocycles. The molecule has 0 unspecified atom stereocenters. The van der Waals surface area contributed by atoms with Gasteiger partial charge in [0.15, 0.2) is 5.82 Å². The number of fused-ring (bicyclic) bond motifs is 3. The highest BCUT2D eigenvalue weighted by atomic mass is 16.5. The molecule has 0 radical (unpaired) electrons. The number of H-pyrrole nitrogens is 1. The van der Waals surface area contributed by atoms with E-state index in [1.165, 1.54) is 6.08 Å². The van der Waals surface area contributed by atoms with Crippen LogP contribution in [0.15, 0.2) is 53.2 Å². The van der Waals surface area contributed by atoms with E-state index < -0.39 is 0 Å². The van der Waals surface area contributed by atoms with E-state index in [0.29, 0.717) is 17.3 Å². The molecule has 2 N–H and O–H groups in total. The summed E-state index contributed by atoms with van der Waals surface area (Å²) >= 11 is 0. The van der Waals surface area contributed by atoms with Crippen molar-refractivity contribution in [3.63, 3.8) is 0 Å². The van der Waals surface area contributed by atoms with E-state index in [9.17, 15) is 4.79 Å². The van der Waals surface area contributed by atoms with E-state index in [-0.39, 0.29) is 5.91 Å². The number of anilines is 1. The van der Waals surface area contributed by atoms with Crippen LogP contribution < -0.4 is 5.32 Å². The Bertz CT molecular complexity index is 1070. The molecule has 6 nitrogen and oxygen atoms in total. The van der Waals surface area contributed by atoms with E-state index in [1.54, 1.807) is 25.3 Å². The lowest BCUT2D eigenvalue weighted by atomic mass is 10.1. The van der Waals surface area contributed by atoms with Crippen molar-refractivity contribution in [1.29, 1.82) is 0 Å². The number of aryl methyl sites for hydroxylation is 1. The number of aromatic nitrogens is 3. The van der Waals surface area contributed by atoms with Crippen LogP contribution in [0.1, 0.15) is 11.5 Å². The van der Waals surface area contributed by atoms with Crippen LogP contribution in [-0.2, 0) is 4.79 Å². The van der Waals surface area contributed by atoms with Crippen molar-refractivity contribution in [2.45, 2.75) is 6.92 Å². The zero-order valence-corrected chi connectivity index (χ0v) is 12.9. The lowest BCUT2D eigenvalue weighted by molar-refractivity contribution is -0.111. The molecule has 1 aromatic carbocycles. The van der Waals surface area contributed by atoms with Gasteiger partial charge < -0.3 is 14.8 Å². The second kappa shape index (κ2) is 5.66. The highest BCUT2D eigenvalue weighted by Crippen LogP contribution is 2.25. The number of hydrogen-bond donors (Lipinski definition) is 2. The molecule has 4 aromatic rings. The molecule has 0 fully saturated rings. The number of hydrogen-bond acceptors (Lipinski definition) is 4. The lowest BCUT2D eigenvalue weighted by Gasteiger charge is -1.96. The number of amides is 1. The smallest absolute Gasteiger partial charge is 0.249 e. The fourth-order valence-corrected chi connectivity index (χ4v) is 2.61. The minimum atomic E-state index is -0.288. The fraction of sp³-hybridized carbons (Fsp3) is 0.0556. The first-order valence-corrected chi connectivity index (χ1v) is 7.48. The predicted molar refractivity (Wildman–Crippen MR) is 92.5 cm³/mol. The van der Waals surface area contributed by atoms with Gasteiger partial charge in [-0.25, -0.2) is 0 Å². The van der Waals surface area contributed by atoms with Crippen molar-refractivity contribution in [2.24, 2.45) is 0 Å². The summed E-state index contributed by atoms with van der Waals surface area (Å²) in [5.41, 5.74) is 2.74. The van der Waals surface area contributed by atoms with E-state index >= 15 is 0 Å². The third kappa shape index (κ3) is 2.65. The lowest BCUT2D eigenvalue weighted by Crippen LogP contribution is -2.07. The summed E-state index contributed by atoms with van der Waals surface area (Å²) in [6.07, 6.45) is 4.87.